The molecule has 0 aliphatic heterocycles. The summed E-state index contributed by atoms with van der Waals surface area (Å²) in [6.07, 6.45) is 3.87. The minimum absolute atomic E-state index is 0.182. The summed E-state index contributed by atoms with van der Waals surface area (Å²) in [5.74, 6) is 0.390. The van der Waals surface area contributed by atoms with E-state index in [-0.39, 0.29) is 22.8 Å². The molecule has 110 valence electrons. The van der Waals surface area contributed by atoms with Crippen molar-refractivity contribution in [3.63, 3.8) is 0 Å². The number of aromatic nitrogens is 2. The fourth-order valence-electron chi connectivity index (χ4n) is 4.34. The van der Waals surface area contributed by atoms with Gasteiger partial charge >= 0.3 is 5.69 Å². The monoisotopic (exact) mass is 285 g/mol. The SMILES string of the molecule is [C-]#[N+]C1=C(O)C(C)(C)[C@@H]2CCc3cnc(=O)[nH]c3[C@@]2(C)C1. The number of aliphatic hydroxyl groups excluding tert-OH is 1. The Morgan fingerprint density at radius 1 is 1.48 bits per heavy atom. The van der Waals surface area contributed by atoms with Gasteiger partial charge in [0.1, 0.15) is 5.76 Å². The van der Waals surface area contributed by atoms with Crippen LogP contribution in [0.25, 0.3) is 4.85 Å². The van der Waals surface area contributed by atoms with Crippen molar-refractivity contribution < 1.29 is 5.11 Å². The van der Waals surface area contributed by atoms with Gasteiger partial charge in [0, 0.05) is 22.7 Å². The van der Waals surface area contributed by atoms with E-state index in [1.807, 2.05) is 13.8 Å². The molecule has 0 amide bonds. The van der Waals surface area contributed by atoms with Gasteiger partial charge in [-0.05, 0) is 30.7 Å². The van der Waals surface area contributed by atoms with Gasteiger partial charge in [-0.1, -0.05) is 20.8 Å². The Hall–Kier alpha value is -2.09. The highest BCUT2D eigenvalue weighted by Gasteiger charge is 2.54. The molecule has 2 aliphatic carbocycles. The van der Waals surface area contributed by atoms with Crippen LogP contribution in [0.3, 0.4) is 0 Å². The van der Waals surface area contributed by atoms with Crippen LogP contribution in [0.5, 0.6) is 0 Å². The van der Waals surface area contributed by atoms with E-state index in [2.05, 4.69) is 21.7 Å². The van der Waals surface area contributed by atoms with Gasteiger partial charge in [0.2, 0.25) is 5.70 Å². The predicted molar refractivity (Wildman–Crippen MR) is 78.7 cm³/mol. The van der Waals surface area contributed by atoms with Crippen molar-refractivity contribution in [1.29, 1.82) is 0 Å². The average Bonchev–Trinajstić information content (AvgIpc) is 2.43. The highest BCUT2D eigenvalue weighted by atomic mass is 16.3. The molecule has 1 aromatic heterocycles. The van der Waals surface area contributed by atoms with Crippen LogP contribution < -0.4 is 5.69 Å². The number of aromatic amines is 1. The molecule has 0 bridgehead atoms. The highest BCUT2D eigenvalue weighted by molar-refractivity contribution is 5.39. The van der Waals surface area contributed by atoms with E-state index in [0.29, 0.717) is 12.1 Å². The number of rotatable bonds is 0. The zero-order chi connectivity index (χ0) is 15.4. The molecule has 0 spiro atoms. The average molecular weight is 285 g/mol. The van der Waals surface area contributed by atoms with Crippen LogP contribution >= 0.6 is 0 Å². The molecule has 5 nitrogen and oxygen atoms in total. The number of aliphatic hydroxyl groups is 1. The Morgan fingerprint density at radius 2 is 2.19 bits per heavy atom. The van der Waals surface area contributed by atoms with E-state index in [1.54, 1.807) is 6.20 Å². The third-order valence-electron chi connectivity index (χ3n) is 5.36. The fraction of sp³-hybridized carbons (Fsp3) is 0.562. The number of allylic oxidation sites excluding steroid dienone is 2. The number of fused-ring (bicyclic) bond motifs is 3. The summed E-state index contributed by atoms with van der Waals surface area (Å²) in [5, 5.41) is 10.4. The van der Waals surface area contributed by atoms with Crippen molar-refractivity contribution in [2.45, 2.75) is 45.4 Å². The number of hydrogen-bond acceptors (Lipinski definition) is 3. The molecule has 0 saturated carbocycles. The zero-order valence-electron chi connectivity index (χ0n) is 12.5. The molecule has 21 heavy (non-hydrogen) atoms. The molecule has 0 saturated heterocycles. The number of nitrogens with one attached hydrogen (secondary N) is 1. The normalized spacial score (nSPS) is 30.3. The lowest BCUT2D eigenvalue weighted by Crippen LogP contribution is -2.50. The summed E-state index contributed by atoms with van der Waals surface area (Å²) >= 11 is 0. The molecule has 3 rings (SSSR count). The molecular weight excluding hydrogens is 266 g/mol. The van der Waals surface area contributed by atoms with Crippen molar-refractivity contribution in [3.05, 3.63) is 50.8 Å². The minimum Gasteiger partial charge on any atom is -0.523 e. The molecule has 2 aliphatic rings. The molecule has 2 N–H and O–H groups in total. The van der Waals surface area contributed by atoms with Gasteiger partial charge in [-0.2, -0.15) is 0 Å². The van der Waals surface area contributed by atoms with Crippen LogP contribution in [0.4, 0.5) is 0 Å². The van der Waals surface area contributed by atoms with Gasteiger partial charge in [0.15, 0.2) is 0 Å². The number of aryl methyl sites for hydroxylation is 1. The third kappa shape index (κ3) is 1.75. The summed E-state index contributed by atoms with van der Waals surface area (Å²) in [6.45, 7) is 13.4. The minimum atomic E-state index is -0.468. The standard InChI is InChI=1S/C16H19N3O2/c1-15(2)11-6-5-9-8-18-14(21)19-12(9)16(11,3)7-10(17-4)13(15)20/h8,11,20H,5-7H2,1-3H3,(H,18,19,21)/t11-,16-/m0/s1. The molecule has 2 atom stereocenters. The van der Waals surface area contributed by atoms with Gasteiger partial charge in [0.05, 0.1) is 6.57 Å². The second-order valence-electron chi connectivity index (χ2n) is 6.90. The van der Waals surface area contributed by atoms with Gasteiger partial charge < -0.3 is 10.1 Å². The smallest absolute Gasteiger partial charge is 0.345 e. The third-order valence-corrected chi connectivity index (χ3v) is 5.36. The molecule has 0 unspecified atom stereocenters. The summed E-state index contributed by atoms with van der Waals surface area (Å²) in [5.41, 5.74) is 1.19. The van der Waals surface area contributed by atoms with Crippen molar-refractivity contribution in [3.8, 4) is 0 Å². The van der Waals surface area contributed by atoms with Crippen LogP contribution in [0.15, 0.2) is 22.4 Å². The molecule has 0 radical (unpaired) electrons. The Balaban J connectivity index is 2.26. The van der Waals surface area contributed by atoms with Gasteiger partial charge in [0.25, 0.3) is 0 Å². The van der Waals surface area contributed by atoms with Crippen molar-refractivity contribution >= 4 is 0 Å². The van der Waals surface area contributed by atoms with Crippen LogP contribution in [-0.4, -0.2) is 15.1 Å². The summed E-state index contributed by atoms with van der Waals surface area (Å²) < 4.78 is 0. The number of H-pyrrole nitrogens is 1. The van der Waals surface area contributed by atoms with Crippen LogP contribution in [-0.2, 0) is 11.8 Å². The first-order valence-electron chi connectivity index (χ1n) is 7.19. The maximum atomic E-state index is 11.6. The van der Waals surface area contributed by atoms with Crippen LogP contribution in [0.2, 0.25) is 0 Å². The highest BCUT2D eigenvalue weighted by Crippen LogP contribution is 2.57. The maximum absolute atomic E-state index is 11.6. The summed E-state index contributed by atoms with van der Waals surface area (Å²) in [6, 6.07) is 0. The first kappa shape index (κ1) is 13.9. The summed E-state index contributed by atoms with van der Waals surface area (Å²) in [4.78, 5) is 21.9. The number of nitrogens with zero attached hydrogens (tertiary/aromatic N) is 2. The molecule has 1 heterocycles. The lowest BCUT2D eigenvalue weighted by atomic mass is 9.52. The van der Waals surface area contributed by atoms with Crippen molar-refractivity contribution in [1.82, 2.24) is 9.97 Å². The first-order valence-corrected chi connectivity index (χ1v) is 7.19. The van der Waals surface area contributed by atoms with Crippen molar-refractivity contribution in [2.24, 2.45) is 11.3 Å². The Labute approximate surface area is 123 Å². The topological polar surface area (TPSA) is 70.3 Å². The van der Waals surface area contributed by atoms with E-state index < -0.39 is 5.41 Å². The Kier molecular flexibility index (Phi) is 2.78. The van der Waals surface area contributed by atoms with E-state index in [0.717, 1.165) is 24.1 Å². The lowest BCUT2D eigenvalue weighted by molar-refractivity contribution is 0.0621. The van der Waals surface area contributed by atoms with Crippen LogP contribution in [0, 0.1) is 17.9 Å². The largest absolute Gasteiger partial charge is 0.523 e. The van der Waals surface area contributed by atoms with Crippen molar-refractivity contribution in [2.75, 3.05) is 0 Å². The van der Waals surface area contributed by atoms with Gasteiger partial charge in [-0.15, -0.1) is 0 Å². The maximum Gasteiger partial charge on any atom is 0.345 e. The molecule has 1 aromatic rings. The first-order chi connectivity index (χ1) is 9.80. The van der Waals surface area contributed by atoms with Crippen LogP contribution in [0.1, 0.15) is 44.9 Å². The second-order valence-corrected chi connectivity index (χ2v) is 6.90. The second kappa shape index (κ2) is 4.20. The molecule has 0 fully saturated rings. The molecule has 5 heteroatoms. The predicted octanol–water partition coefficient (Wildman–Crippen LogP) is 2.71. The molecular formula is C16H19N3O2. The molecule has 0 aromatic carbocycles. The number of hydrogen-bond donors (Lipinski definition) is 2. The van der Waals surface area contributed by atoms with E-state index >= 15 is 0 Å². The van der Waals surface area contributed by atoms with E-state index in [9.17, 15) is 9.90 Å². The summed E-state index contributed by atoms with van der Waals surface area (Å²) in [7, 11) is 0. The quantitative estimate of drug-likeness (QED) is 0.720. The van der Waals surface area contributed by atoms with E-state index in [4.69, 9.17) is 6.57 Å². The zero-order valence-corrected chi connectivity index (χ0v) is 12.5. The van der Waals surface area contributed by atoms with Gasteiger partial charge in [-0.3, -0.25) is 0 Å². The van der Waals surface area contributed by atoms with E-state index in [1.165, 1.54) is 0 Å². The Morgan fingerprint density at radius 3 is 2.86 bits per heavy atom. The fourth-order valence-corrected chi connectivity index (χ4v) is 4.34. The Bertz CT molecular complexity index is 739. The van der Waals surface area contributed by atoms with Gasteiger partial charge in [-0.25, -0.2) is 14.6 Å². The lowest BCUT2D eigenvalue weighted by Gasteiger charge is -2.52.